The third-order valence-corrected chi connectivity index (χ3v) is 3.30. The van der Waals surface area contributed by atoms with Gasteiger partial charge in [-0.05, 0) is 12.1 Å². The number of carboxylic acid groups (broad SMARTS) is 1. The molecule has 5 nitrogen and oxygen atoms in total. The number of aromatic carboxylic acids is 1. The second kappa shape index (κ2) is 4.66. The quantitative estimate of drug-likeness (QED) is 0.765. The molecule has 0 aliphatic rings. The normalized spacial score (nSPS) is 10.5. The summed E-state index contributed by atoms with van der Waals surface area (Å²) in [5.74, 6) is -0.710. The summed E-state index contributed by atoms with van der Waals surface area (Å²) >= 11 is 1.39. The minimum absolute atomic E-state index is 0.133. The monoisotopic (exact) mass is 271 g/mol. The van der Waals surface area contributed by atoms with E-state index in [-0.39, 0.29) is 5.56 Å². The van der Waals surface area contributed by atoms with E-state index in [0.717, 1.165) is 10.9 Å². The molecule has 0 aliphatic carbocycles. The van der Waals surface area contributed by atoms with Gasteiger partial charge in [0.05, 0.1) is 5.52 Å². The van der Waals surface area contributed by atoms with Gasteiger partial charge in [-0.1, -0.05) is 18.2 Å². The van der Waals surface area contributed by atoms with Gasteiger partial charge in [-0.2, -0.15) is 0 Å². The van der Waals surface area contributed by atoms with Crippen molar-refractivity contribution in [2.75, 3.05) is 5.32 Å². The molecule has 0 saturated heterocycles. The van der Waals surface area contributed by atoms with Gasteiger partial charge in [0, 0.05) is 17.0 Å². The van der Waals surface area contributed by atoms with Gasteiger partial charge in [-0.15, -0.1) is 11.3 Å². The van der Waals surface area contributed by atoms with E-state index in [2.05, 4.69) is 15.3 Å². The van der Waals surface area contributed by atoms with Gasteiger partial charge in [0.15, 0.2) is 5.13 Å². The van der Waals surface area contributed by atoms with E-state index in [0.29, 0.717) is 10.9 Å². The average molecular weight is 271 g/mol. The summed E-state index contributed by atoms with van der Waals surface area (Å²) < 4.78 is 0. The van der Waals surface area contributed by atoms with Crippen molar-refractivity contribution in [1.29, 1.82) is 0 Å². The van der Waals surface area contributed by atoms with Crippen molar-refractivity contribution in [1.82, 2.24) is 9.97 Å². The Hall–Kier alpha value is -2.47. The number of hydrogen-bond acceptors (Lipinski definition) is 5. The number of aromatic nitrogens is 2. The number of thiazole rings is 1. The first-order valence-corrected chi connectivity index (χ1v) is 6.41. The van der Waals surface area contributed by atoms with Gasteiger partial charge in [0.25, 0.3) is 0 Å². The maximum Gasteiger partial charge on any atom is 0.339 e. The molecule has 3 rings (SSSR count). The standard InChI is InChI=1S/C13H9N3O2S/c17-12(18)9-7-8-3-1-2-4-10(8)15-11(9)16-13-14-5-6-19-13/h1-7H,(H,17,18)(H,14,15,16). The Kier molecular flexibility index (Phi) is 2.85. The minimum Gasteiger partial charge on any atom is -0.478 e. The van der Waals surface area contributed by atoms with Gasteiger partial charge in [-0.3, -0.25) is 0 Å². The highest BCUT2D eigenvalue weighted by Gasteiger charge is 2.14. The van der Waals surface area contributed by atoms with Gasteiger partial charge in [0.2, 0.25) is 0 Å². The SMILES string of the molecule is O=C(O)c1cc2ccccc2nc1Nc1nccs1. The lowest BCUT2D eigenvalue weighted by atomic mass is 10.1. The van der Waals surface area contributed by atoms with Crippen LogP contribution in [0.5, 0.6) is 0 Å². The first kappa shape index (κ1) is 11.6. The number of hydrogen-bond donors (Lipinski definition) is 2. The highest BCUT2D eigenvalue weighted by atomic mass is 32.1. The molecule has 6 heteroatoms. The lowest BCUT2D eigenvalue weighted by Gasteiger charge is -2.07. The van der Waals surface area contributed by atoms with E-state index in [1.807, 2.05) is 29.6 Å². The number of nitrogens with one attached hydrogen (secondary N) is 1. The van der Waals surface area contributed by atoms with Crippen LogP contribution in [0.2, 0.25) is 0 Å². The number of benzene rings is 1. The van der Waals surface area contributed by atoms with Crippen LogP contribution >= 0.6 is 11.3 Å². The lowest BCUT2D eigenvalue weighted by Crippen LogP contribution is -2.05. The summed E-state index contributed by atoms with van der Waals surface area (Å²) in [5.41, 5.74) is 0.875. The fourth-order valence-corrected chi connectivity index (χ4v) is 2.29. The Morgan fingerprint density at radius 1 is 1.32 bits per heavy atom. The van der Waals surface area contributed by atoms with Crippen LogP contribution in [-0.2, 0) is 0 Å². The second-order valence-electron chi connectivity index (χ2n) is 3.84. The Balaban J connectivity index is 2.15. The number of pyridine rings is 1. The Morgan fingerprint density at radius 3 is 2.89 bits per heavy atom. The number of fused-ring (bicyclic) bond motifs is 1. The summed E-state index contributed by atoms with van der Waals surface area (Å²) in [6, 6.07) is 9.00. The molecule has 2 heterocycles. The van der Waals surface area contributed by atoms with Crippen LogP contribution in [0.4, 0.5) is 10.9 Å². The third-order valence-electron chi connectivity index (χ3n) is 2.61. The number of rotatable bonds is 3. The molecule has 0 spiro atoms. The van der Waals surface area contributed by atoms with Gasteiger partial charge < -0.3 is 10.4 Å². The molecule has 94 valence electrons. The van der Waals surface area contributed by atoms with Crippen molar-refractivity contribution in [2.45, 2.75) is 0 Å². The Morgan fingerprint density at radius 2 is 2.16 bits per heavy atom. The largest absolute Gasteiger partial charge is 0.478 e. The maximum atomic E-state index is 11.3. The zero-order valence-electron chi connectivity index (χ0n) is 9.70. The number of carboxylic acids is 1. The van der Waals surface area contributed by atoms with Gasteiger partial charge in [0.1, 0.15) is 11.4 Å². The van der Waals surface area contributed by atoms with E-state index in [9.17, 15) is 9.90 Å². The number of nitrogens with zero attached hydrogens (tertiary/aromatic N) is 2. The topological polar surface area (TPSA) is 75.1 Å². The number of para-hydroxylation sites is 1. The van der Waals surface area contributed by atoms with Crippen LogP contribution in [0.3, 0.4) is 0 Å². The van der Waals surface area contributed by atoms with Crippen molar-refractivity contribution in [3.05, 3.63) is 47.5 Å². The molecule has 0 atom stereocenters. The van der Waals surface area contributed by atoms with Crippen LogP contribution in [0.1, 0.15) is 10.4 Å². The summed E-state index contributed by atoms with van der Waals surface area (Å²) in [4.78, 5) is 19.7. The molecule has 0 aliphatic heterocycles. The summed E-state index contributed by atoms with van der Waals surface area (Å²) in [6.07, 6.45) is 1.65. The van der Waals surface area contributed by atoms with E-state index in [1.165, 1.54) is 11.3 Å². The molecule has 0 unspecified atom stereocenters. The van der Waals surface area contributed by atoms with Gasteiger partial charge in [-0.25, -0.2) is 14.8 Å². The first-order chi connectivity index (χ1) is 9.24. The second-order valence-corrected chi connectivity index (χ2v) is 4.74. The molecule has 0 fully saturated rings. The zero-order valence-corrected chi connectivity index (χ0v) is 10.5. The average Bonchev–Trinajstić information content (AvgIpc) is 2.90. The molecule has 0 saturated carbocycles. The van der Waals surface area contributed by atoms with Crippen molar-refractivity contribution in [2.24, 2.45) is 0 Å². The van der Waals surface area contributed by atoms with Gasteiger partial charge >= 0.3 is 5.97 Å². The van der Waals surface area contributed by atoms with E-state index < -0.39 is 5.97 Å². The van der Waals surface area contributed by atoms with E-state index in [1.54, 1.807) is 12.3 Å². The first-order valence-electron chi connectivity index (χ1n) is 5.53. The summed E-state index contributed by atoms with van der Waals surface area (Å²) in [6.45, 7) is 0. The molecule has 3 aromatic rings. The third kappa shape index (κ3) is 2.25. The van der Waals surface area contributed by atoms with Crippen LogP contribution in [0.25, 0.3) is 10.9 Å². The molecule has 0 radical (unpaired) electrons. The highest BCUT2D eigenvalue weighted by molar-refractivity contribution is 7.13. The number of anilines is 2. The van der Waals surface area contributed by atoms with Crippen LogP contribution in [0.15, 0.2) is 41.9 Å². The van der Waals surface area contributed by atoms with Crippen LogP contribution in [-0.4, -0.2) is 21.0 Å². The van der Waals surface area contributed by atoms with Crippen molar-refractivity contribution in [3.8, 4) is 0 Å². The lowest BCUT2D eigenvalue weighted by molar-refractivity contribution is 0.0698. The fourth-order valence-electron chi connectivity index (χ4n) is 1.76. The molecule has 1 aromatic carbocycles. The van der Waals surface area contributed by atoms with Crippen molar-refractivity contribution >= 4 is 39.2 Å². The van der Waals surface area contributed by atoms with Crippen LogP contribution < -0.4 is 5.32 Å². The minimum atomic E-state index is -1.02. The predicted octanol–water partition coefficient (Wildman–Crippen LogP) is 3.13. The molecule has 0 amide bonds. The molecule has 2 aromatic heterocycles. The fraction of sp³-hybridized carbons (Fsp3) is 0. The molecule has 19 heavy (non-hydrogen) atoms. The molecular weight excluding hydrogens is 262 g/mol. The van der Waals surface area contributed by atoms with E-state index in [4.69, 9.17) is 0 Å². The Bertz CT molecular complexity index is 741. The molecule has 2 N–H and O–H groups in total. The smallest absolute Gasteiger partial charge is 0.339 e. The zero-order chi connectivity index (χ0) is 13.2. The van der Waals surface area contributed by atoms with Crippen molar-refractivity contribution < 1.29 is 9.90 Å². The number of carbonyl (C=O) groups is 1. The summed E-state index contributed by atoms with van der Waals surface area (Å²) in [7, 11) is 0. The maximum absolute atomic E-state index is 11.3. The highest BCUT2D eigenvalue weighted by Crippen LogP contribution is 2.24. The van der Waals surface area contributed by atoms with E-state index >= 15 is 0 Å². The summed E-state index contributed by atoms with van der Waals surface area (Å²) in [5, 5.41) is 15.4. The van der Waals surface area contributed by atoms with Crippen molar-refractivity contribution in [3.63, 3.8) is 0 Å². The molecular formula is C13H9N3O2S. The molecule has 0 bridgehead atoms. The Labute approximate surface area is 112 Å². The predicted molar refractivity (Wildman–Crippen MR) is 74.1 cm³/mol. The van der Waals surface area contributed by atoms with Crippen LogP contribution in [0, 0.1) is 0 Å².